The average Bonchev–Trinajstić information content (AvgIpc) is 2.39. The number of benzene rings is 1. The maximum Gasteiger partial charge on any atom is 0.114 e. The molecule has 0 aliphatic heterocycles. The summed E-state index contributed by atoms with van der Waals surface area (Å²) in [5.41, 5.74) is 2.43. The van der Waals surface area contributed by atoms with E-state index in [9.17, 15) is 0 Å². The van der Waals surface area contributed by atoms with E-state index in [1.807, 2.05) is 19.9 Å². The largest absolute Gasteiger partial charge is 0.497 e. The first kappa shape index (κ1) is 14.4. The highest BCUT2D eigenvalue weighted by molar-refractivity contribution is 5.55. The minimum Gasteiger partial charge on any atom is -0.497 e. The summed E-state index contributed by atoms with van der Waals surface area (Å²) in [7, 11) is 0. The van der Waals surface area contributed by atoms with Crippen molar-refractivity contribution in [3.63, 3.8) is 0 Å². The summed E-state index contributed by atoms with van der Waals surface area (Å²) < 4.78 is 5.48. The minimum absolute atomic E-state index is 0.609. The van der Waals surface area contributed by atoms with Gasteiger partial charge in [0.2, 0.25) is 0 Å². The van der Waals surface area contributed by atoms with Crippen molar-refractivity contribution in [2.45, 2.75) is 33.8 Å². The monoisotopic (exact) mass is 245 g/mol. The van der Waals surface area contributed by atoms with E-state index < -0.39 is 0 Å². The molecule has 0 bridgehead atoms. The Morgan fingerprint density at radius 1 is 1.17 bits per heavy atom. The SMILES string of the molecule is C/C=C/OCc1ccccc1N(/C=C/C)CCC. The van der Waals surface area contributed by atoms with E-state index in [1.165, 1.54) is 11.3 Å². The molecule has 0 spiro atoms. The van der Waals surface area contributed by atoms with Crippen molar-refractivity contribution in [1.82, 2.24) is 0 Å². The molecule has 0 amide bonds. The van der Waals surface area contributed by atoms with Crippen molar-refractivity contribution in [2.24, 2.45) is 0 Å². The van der Waals surface area contributed by atoms with E-state index in [1.54, 1.807) is 6.26 Å². The van der Waals surface area contributed by atoms with Gasteiger partial charge in [-0.05, 0) is 32.5 Å². The molecular weight excluding hydrogens is 222 g/mol. The molecule has 0 saturated carbocycles. The normalized spacial score (nSPS) is 11.3. The van der Waals surface area contributed by atoms with Crippen molar-refractivity contribution in [2.75, 3.05) is 11.4 Å². The maximum absolute atomic E-state index is 5.48. The second-order valence-electron chi connectivity index (χ2n) is 4.08. The van der Waals surface area contributed by atoms with Crippen LogP contribution in [0.2, 0.25) is 0 Å². The zero-order valence-electron chi connectivity index (χ0n) is 11.6. The number of allylic oxidation sites excluding steroid dienone is 2. The van der Waals surface area contributed by atoms with Gasteiger partial charge in [-0.1, -0.05) is 37.3 Å². The molecule has 0 aliphatic rings. The molecule has 98 valence electrons. The predicted molar refractivity (Wildman–Crippen MR) is 78.5 cm³/mol. The van der Waals surface area contributed by atoms with E-state index in [0.29, 0.717) is 6.61 Å². The first-order valence-electron chi connectivity index (χ1n) is 6.53. The molecule has 2 nitrogen and oxygen atoms in total. The molecule has 0 aliphatic carbocycles. The summed E-state index contributed by atoms with van der Waals surface area (Å²) in [5, 5.41) is 0. The number of ether oxygens (including phenoxy) is 1. The van der Waals surface area contributed by atoms with Crippen LogP contribution in [0.1, 0.15) is 32.8 Å². The Morgan fingerprint density at radius 2 is 1.94 bits per heavy atom. The number of nitrogens with zero attached hydrogens (tertiary/aromatic N) is 1. The first-order chi connectivity index (χ1) is 8.83. The van der Waals surface area contributed by atoms with Gasteiger partial charge in [-0.3, -0.25) is 0 Å². The highest BCUT2D eigenvalue weighted by Crippen LogP contribution is 2.22. The highest BCUT2D eigenvalue weighted by Gasteiger charge is 2.07. The third-order valence-corrected chi connectivity index (χ3v) is 2.57. The molecule has 2 heteroatoms. The summed E-state index contributed by atoms with van der Waals surface area (Å²) in [6.07, 6.45) is 8.95. The Balaban J connectivity index is 2.90. The fourth-order valence-corrected chi connectivity index (χ4v) is 1.84. The predicted octanol–water partition coefficient (Wildman–Crippen LogP) is 4.49. The molecular formula is C16H23NO. The van der Waals surface area contributed by atoms with Crippen molar-refractivity contribution in [3.8, 4) is 0 Å². The van der Waals surface area contributed by atoms with Gasteiger partial charge in [-0.25, -0.2) is 0 Å². The molecule has 0 saturated heterocycles. The first-order valence-corrected chi connectivity index (χ1v) is 6.53. The fraction of sp³-hybridized carbons (Fsp3) is 0.375. The van der Waals surface area contributed by atoms with Crippen LogP contribution in [0.25, 0.3) is 0 Å². The van der Waals surface area contributed by atoms with Crippen LogP contribution in [-0.4, -0.2) is 6.54 Å². The van der Waals surface area contributed by atoms with Crippen molar-refractivity contribution in [1.29, 1.82) is 0 Å². The quantitative estimate of drug-likeness (QED) is 0.656. The Kier molecular flexibility index (Phi) is 6.70. The van der Waals surface area contributed by atoms with Gasteiger partial charge in [0, 0.05) is 17.8 Å². The van der Waals surface area contributed by atoms with Gasteiger partial charge in [0.05, 0.1) is 6.26 Å². The summed E-state index contributed by atoms with van der Waals surface area (Å²) in [4.78, 5) is 2.27. The number of anilines is 1. The zero-order chi connectivity index (χ0) is 13.2. The third kappa shape index (κ3) is 4.28. The van der Waals surface area contributed by atoms with Crippen LogP contribution in [0.3, 0.4) is 0 Å². The molecule has 0 aromatic heterocycles. The number of hydrogen-bond acceptors (Lipinski definition) is 2. The van der Waals surface area contributed by atoms with E-state index in [4.69, 9.17) is 4.74 Å². The molecule has 0 atom stereocenters. The van der Waals surface area contributed by atoms with Gasteiger partial charge in [0.15, 0.2) is 0 Å². The van der Waals surface area contributed by atoms with E-state index in [0.717, 1.165) is 13.0 Å². The van der Waals surface area contributed by atoms with Crippen LogP contribution in [0.5, 0.6) is 0 Å². The van der Waals surface area contributed by atoms with E-state index in [2.05, 4.69) is 48.4 Å². The van der Waals surface area contributed by atoms with Crippen molar-refractivity contribution >= 4 is 5.69 Å². The zero-order valence-corrected chi connectivity index (χ0v) is 11.6. The summed E-state index contributed by atoms with van der Waals surface area (Å²) in [6.45, 7) is 7.81. The lowest BCUT2D eigenvalue weighted by atomic mass is 10.1. The molecule has 0 unspecified atom stereocenters. The Morgan fingerprint density at radius 3 is 2.61 bits per heavy atom. The lowest BCUT2D eigenvalue weighted by Crippen LogP contribution is -2.18. The van der Waals surface area contributed by atoms with Crippen molar-refractivity contribution < 1.29 is 4.74 Å². The number of rotatable bonds is 7. The van der Waals surface area contributed by atoms with E-state index in [-0.39, 0.29) is 0 Å². The lowest BCUT2D eigenvalue weighted by molar-refractivity contribution is 0.236. The Hall–Kier alpha value is -1.70. The van der Waals surface area contributed by atoms with Crippen LogP contribution < -0.4 is 4.90 Å². The summed E-state index contributed by atoms with van der Waals surface area (Å²) in [6, 6.07) is 8.38. The molecule has 18 heavy (non-hydrogen) atoms. The third-order valence-electron chi connectivity index (χ3n) is 2.57. The maximum atomic E-state index is 5.48. The molecule has 0 fully saturated rings. The number of hydrogen-bond donors (Lipinski definition) is 0. The second-order valence-corrected chi connectivity index (χ2v) is 4.08. The molecule has 1 aromatic rings. The van der Waals surface area contributed by atoms with E-state index >= 15 is 0 Å². The van der Waals surface area contributed by atoms with Gasteiger partial charge in [-0.15, -0.1) is 0 Å². The van der Waals surface area contributed by atoms with Crippen LogP contribution in [0.15, 0.2) is 48.9 Å². The van der Waals surface area contributed by atoms with Crippen LogP contribution in [0, 0.1) is 0 Å². The van der Waals surface area contributed by atoms with Crippen molar-refractivity contribution in [3.05, 3.63) is 54.4 Å². The summed E-state index contributed by atoms with van der Waals surface area (Å²) >= 11 is 0. The summed E-state index contributed by atoms with van der Waals surface area (Å²) in [5.74, 6) is 0. The highest BCUT2D eigenvalue weighted by atomic mass is 16.5. The molecule has 0 N–H and O–H groups in total. The Bertz CT molecular complexity index is 396. The van der Waals surface area contributed by atoms with Gasteiger partial charge < -0.3 is 9.64 Å². The average molecular weight is 245 g/mol. The fourth-order valence-electron chi connectivity index (χ4n) is 1.84. The molecule has 1 rings (SSSR count). The molecule has 0 heterocycles. The van der Waals surface area contributed by atoms with Gasteiger partial charge >= 0.3 is 0 Å². The van der Waals surface area contributed by atoms with Crippen LogP contribution in [-0.2, 0) is 11.3 Å². The number of para-hydroxylation sites is 1. The van der Waals surface area contributed by atoms with Crippen LogP contribution in [0.4, 0.5) is 5.69 Å². The van der Waals surface area contributed by atoms with Crippen LogP contribution >= 0.6 is 0 Å². The second kappa shape index (κ2) is 8.40. The van der Waals surface area contributed by atoms with Gasteiger partial charge in [0.1, 0.15) is 6.61 Å². The smallest absolute Gasteiger partial charge is 0.114 e. The molecule has 0 radical (unpaired) electrons. The topological polar surface area (TPSA) is 12.5 Å². The standard InChI is InChI=1S/C16H23NO/c1-4-11-17(12-5-2)16-10-8-7-9-15(16)14-18-13-6-3/h4,6-11,13H,5,12,14H2,1-3H3/b11-4+,13-6+. The lowest BCUT2D eigenvalue weighted by Gasteiger charge is -2.22. The molecule has 1 aromatic carbocycles. The van der Waals surface area contributed by atoms with Gasteiger partial charge in [0.25, 0.3) is 0 Å². The van der Waals surface area contributed by atoms with Gasteiger partial charge in [-0.2, -0.15) is 0 Å². The minimum atomic E-state index is 0.609. The Labute approximate surface area is 111 Å².